The maximum Gasteiger partial charge on any atom is 0.258 e. The van der Waals surface area contributed by atoms with Gasteiger partial charge in [0.1, 0.15) is 5.75 Å². The first-order valence-corrected chi connectivity index (χ1v) is 6.84. The van der Waals surface area contributed by atoms with Crippen LogP contribution in [0.2, 0.25) is 0 Å². The largest absolute Gasteiger partial charge is 0.480 e. The highest BCUT2D eigenvalue weighted by molar-refractivity contribution is 5.88. The number of carbonyl (C=O) groups is 1. The van der Waals surface area contributed by atoms with Crippen molar-refractivity contribution in [1.29, 1.82) is 0 Å². The predicted octanol–water partition coefficient (Wildman–Crippen LogP) is 1.98. The van der Waals surface area contributed by atoms with Crippen molar-refractivity contribution >= 4 is 16.7 Å². The summed E-state index contributed by atoms with van der Waals surface area (Å²) in [7, 11) is 0. The van der Waals surface area contributed by atoms with Crippen molar-refractivity contribution in [3.05, 3.63) is 42.0 Å². The molecule has 2 aromatic carbocycles. The molecule has 0 aromatic heterocycles. The molecule has 20 heavy (non-hydrogen) atoms. The van der Waals surface area contributed by atoms with E-state index in [1.54, 1.807) is 0 Å². The van der Waals surface area contributed by atoms with Crippen molar-refractivity contribution in [1.82, 2.24) is 0 Å². The number of rotatable bonds is 6. The minimum absolute atomic E-state index is 0.445. The second kappa shape index (κ2) is 6.39. The second-order valence-corrected chi connectivity index (χ2v) is 4.72. The first-order valence-electron chi connectivity index (χ1n) is 6.84. The van der Waals surface area contributed by atoms with Gasteiger partial charge in [-0.2, -0.15) is 0 Å². The van der Waals surface area contributed by atoms with E-state index in [9.17, 15) is 4.79 Å². The van der Waals surface area contributed by atoms with E-state index >= 15 is 0 Å². The highest BCUT2D eigenvalue weighted by Gasteiger charge is 2.17. The smallest absolute Gasteiger partial charge is 0.258 e. The van der Waals surface area contributed by atoms with Crippen LogP contribution in [0.5, 0.6) is 5.75 Å². The molecule has 2 aromatic rings. The molecule has 0 bridgehead atoms. The molecule has 1 unspecified atom stereocenters. The molecule has 0 radical (unpaired) electrons. The number of hydrogen-bond acceptors (Lipinski definition) is 3. The number of nitrogens with two attached hydrogens (primary N) is 2. The normalized spacial score (nSPS) is 12.3. The van der Waals surface area contributed by atoms with Gasteiger partial charge in [0.15, 0.2) is 6.10 Å². The molecule has 1 amide bonds. The number of benzene rings is 2. The first-order chi connectivity index (χ1) is 9.67. The second-order valence-electron chi connectivity index (χ2n) is 4.72. The number of hydrogen-bond donors (Lipinski definition) is 2. The Balaban J connectivity index is 2.46. The van der Waals surface area contributed by atoms with Gasteiger partial charge in [0.25, 0.3) is 5.91 Å². The molecule has 0 aliphatic carbocycles. The maximum absolute atomic E-state index is 11.3. The van der Waals surface area contributed by atoms with Crippen LogP contribution in [0.15, 0.2) is 36.4 Å². The van der Waals surface area contributed by atoms with Gasteiger partial charge in [-0.25, -0.2) is 0 Å². The summed E-state index contributed by atoms with van der Waals surface area (Å²) in [5, 5.41) is 2.24. The molecule has 4 heteroatoms. The van der Waals surface area contributed by atoms with Gasteiger partial charge in [-0.15, -0.1) is 0 Å². The van der Waals surface area contributed by atoms with Crippen LogP contribution < -0.4 is 16.2 Å². The summed E-state index contributed by atoms with van der Waals surface area (Å²) in [6, 6.07) is 11.9. The molecule has 0 fully saturated rings. The summed E-state index contributed by atoms with van der Waals surface area (Å²) in [4.78, 5) is 11.3. The quantitative estimate of drug-likeness (QED) is 0.844. The zero-order chi connectivity index (χ0) is 14.5. The monoisotopic (exact) mass is 272 g/mol. The lowest BCUT2D eigenvalue weighted by atomic mass is 10.0. The van der Waals surface area contributed by atoms with Gasteiger partial charge >= 0.3 is 0 Å². The minimum Gasteiger partial charge on any atom is -0.480 e. The summed E-state index contributed by atoms with van der Waals surface area (Å²) in [6.45, 7) is 2.40. The Morgan fingerprint density at radius 2 is 2.00 bits per heavy atom. The van der Waals surface area contributed by atoms with Gasteiger partial charge < -0.3 is 16.2 Å². The molecule has 106 valence electrons. The van der Waals surface area contributed by atoms with Crippen molar-refractivity contribution in [2.24, 2.45) is 11.5 Å². The van der Waals surface area contributed by atoms with Crippen LogP contribution in [0, 0.1) is 0 Å². The first kappa shape index (κ1) is 14.3. The summed E-state index contributed by atoms with van der Waals surface area (Å²) < 4.78 is 5.79. The molecule has 0 aliphatic heterocycles. The summed E-state index contributed by atoms with van der Waals surface area (Å²) in [6.07, 6.45) is 0.642. The van der Waals surface area contributed by atoms with E-state index in [4.69, 9.17) is 16.2 Å². The molecule has 0 heterocycles. The molecular formula is C16H20N2O2. The molecule has 4 nitrogen and oxygen atoms in total. The highest BCUT2D eigenvalue weighted by Crippen LogP contribution is 2.29. The fourth-order valence-corrected chi connectivity index (χ4v) is 2.32. The third-order valence-corrected chi connectivity index (χ3v) is 3.35. The number of carbonyl (C=O) groups excluding carboxylic acids is 1. The molecule has 4 N–H and O–H groups in total. The summed E-state index contributed by atoms with van der Waals surface area (Å²) in [5.74, 6) is 0.249. The Bertz CT molecular complexity index is 610. The average Bonchev–Trinajstić information content (AvgIpc) is 2.46. The van der Waals surface area contributed by atoms with E-state index in [0.29, 0.717) is 25.1 Å². The molecular weight excluding hydrogens is 252 g/mol. The number of primary amides is 1. The van der Waals surface area contributed by atoms with Crippen molar-refractivity contribution in [2.45, 2.75) is 25.9 Å². The molecule has 0 aliphatic rings. The zero-order valence-electron chi connectivity index (χ0n) is 11.6. The minimum atomic E-state index is -0.604. The standard InChI is InChI=1S/C16H20N2O2/c1-2-14(16(18)19)20-15-8-7-11-5-3-4-6-12(11)13(15)9-10-17/h3-8,14H,2,9-10,17H2,1H3,(H2,18,19). The number of fused-ring (bicyclic) bond motifs is 1. The van der Waals surface area contributed by atoms with E-state index in [-0.39, 0.29) is 0 Å². The van der Waals surface area contributed by atoms with Crippen LogP contribution >= 0.6 is 0 Å². The molecule has 2 rings (SSSR count). The van der Waals surface area contributed by atoms with Crippen molar-refractivity contribution in [3.63, 3.8) is 0 Å². The van der Waals surface area contributed by atoms with Gasteiger partial charge in [-0.05, 0) is 36.2 Å². The van der Waals surface area contributed by atoms with E-state index < -0.39 is 12.0 Å². The molecule has 0 saturated heterocycles. The Kier molecular flexibility index (Phi) is 4.58. The van der Waals surface area contributed by atoms with Crippen LogP contribution in [0.3, 0.4) is 0 Å². The highest BCUT2D eigenvalue weighted by atomic mass is 16.5. The maximum atomic E-state index is 11.3. The van der Waals surface area contributed by atoms with E-state index in [2.05, 4.69) is 0 Å². The van der Waals surface area contributed by atoms with E-state index in [1.807, 2.05) is 43.3 Å². The third-order valence-electron chi connectivity index (χ3n) is 3.35. The van der Waals surface area contributed by atoms with Gasteiger partial charge in [-0.1, -0.05) is 37.3 Å². The zero-order valence-corrected chi connectivity index (χ0v) is 11.6. The Hall–Kier alpha value is -2.07. The van der Waals surface area contributed by atoms with Crippen LogP contribution in [-0.2, 0) is 11.2 Å². The number of ether oxygens (including phenoxy) is 1. The third kappa shape index (κ3) is 2.91. The summed E-state index contributed by atoms with van der Waals surface area (Å²) >= 11 is 0. The Morgan fingerprint density at radius 1 is 1.25 bits per heavy atom. The SMILES string of the molecule is CCC(Oc1ccc2ccccc2c1CCN)C(N)=O. The predicted molar refractivity (Wildman–Crippen MR) is 80.6 cm³/mol. The fraction of sp³-hybridized carbons (Fsp3) is 0.312. The van der Waals surface area contributed by atoms with E-state index in [1.165, 1.54) is 0 Å². The van der Waals surface area contributed by atoms with Gasteiger partial charge in [-0.3, -0.25) is 4.79 Å². The average molecular weight is 272 g/mol. The van der Waals surface area contributed by atoms with Crippen LogP contribution in [0.1, 0.15) is 18.9 Å². The topological polar surface area (TPSA) is 78.3 Å². The molecule has 0 saturated carbocycles. The summed E-state index contributed by atoms with van der Waals surface area (Å²) in [5.41, 5.74) is 12.1. The van der Waals surface area contributed by atoms with Gasteiger partial charge in [0.2, 0.25) is 0 Å². The van der Waals surface area contributed by atoms with Crippen LogP contribution in [-0.4, -0.2) is 18.6 Å². The lowest BCUT2D eigenvalue weighted by Crippen LogP contribution is -2.33. The van der Waals surface area contributed by atoms with Gasteiger partial charge in [0.05, 0.1) is 0 Å². The van der Waals surface area contributed by atoms with Crippen molar-refractivity contribution in [2.75, 3.05) is 6.54 Å². The lowest BCUT2D eigenvalue weighted by Gasteiger charge is -2.18. The van der Waals surface area contributed by atoms with Crippen molar-refractivity contribution in [3.8, 4) is 5.75 Å². The Morgan fingerprint density at radius 3 is 2.65 bits per heavy atom. The Labute approximate surface area is 118 Å². The lowest BCUT2D eigenvalue weighted by molar-refractivity contribution is -0.124. The van der Waals surface area contributed by atoms with Crippen LogP contribution in [0.25, 0.3) is 10.8 Å². The number of amides is 1. The van der Waals surface area contributed by atoms with Gasteiger partial charge in [0, 0.05) is 5.56 Å². The van der Waals surface area contributed by atoms with Crippen molar-refractivity contribution < 1.29 is 9.53 Å². The molecule has 0 spiro atoms. The van der Waals surface area contributed by atoms with Crippen LogP contribution in [0.4, 0.5) is 0 Å². The fourth-order valence-electron chi connectivity index (χ4n) is 2.32. The molecule has 1 atom stereocenters. The van der Waals surface area contributed by atoms with E-state index in [0.717, 1.165) is 16.3 Å².